The van der Waals surface area contributed by atoms with Gasteiger partial charge in [-0.1, -0.05) is 23.2 Å². The first kappa shape index (κ1) is 23.3. The zero-order valence-electron chi connectivity index (χ0n) is 17.6. The number of alkyl halides is 3. The highest BCUT2D eigenvalue weighted by Crippen LogP contribution is 2.56. The van der Waals surface area contributed by atoms with E-state index in [0.717, 1.165) is 31.4 Å². The third-order valence-corrected chi connectivity index (χ3v) is 9.36. The highest BCUT2D eigenvalue weighted by atomic mass is 35.5. The molecular weight excluding hydrogens is 496 g/mol. The van der Waals surface area contributed by atoms with Crippen LogP contribution in [0.15, 0.2) is 41.3 Å². The van der Waals surface area contributed by atoms with Gasteiger partial charge in [0, 0.05) is 16.2 Å². The summed E-state index contributed by atoms with van der Waals surface area (Å²) in [5, 5.41) is 3.43. The minimum atomic E-state index is -4.85. The average Bonchev–Trinajstić information content (AvgIpc) is 2.67. The molecule has 0 aromatic heterocycles. The fourth-order valence-electron chi connectivity index (χ4n) is 6.39. The van der Waals surface area contributed by atoms with E-state index in [1.165, 1.54) is 18.2 Å². The van der Waals surface area contributed by atoms with Crippen LogP contribution >= 0.6 is 23.2 Å². The van der Waals surface area contributed by atoms with Crippen molar-refractivity contribution in [1.29, 1.82) is 0 Å². The van der Waals surface area contributed by atoms with Crippen molar-refractivity contribution in [3.8, 4) is 0 Å². The molecule has 33 heavy (non-hydrogen) atoms. The average molecular weight is 519 g/mol. The molecule has 6 rings (SSSR count). The summed E-state index contributed by atoms with van der Waals surface area (Å²) in [6, 6.07) is 7.68. The molecule has 4 aliphatic rings. The van der Waals surface area contributed by atoms with Crippen LogP contribution in [0.4, 0.5) is 24.5 Å². The standard InChI is InChI=1S/C23H23Cl2F3N2O2S/c24-16-1-3-20(19(25)8-16)29-17-2-4-21(18(9-17)23(26,27)28)33(31,32)30-22-10-13-5-14(11-22)7-15(6-13)12-22/h1-4,8-9,13-15,29-30H,5-7,10-12H2. The molecular formula is C23H23Cl2F3N2O2S. The zero-order chi connectivity index (χ0) is 23.6. The van der Waals surface area contributed by atoms with Gasteiger partial charge in [-0.3, -0.25) is 0 Å². The molecule has 0 unspecified atom stereocenters. The van der Waals surface area contributed by atoms with Crippen LogP contribution in [0.1, 0.15) is 44.1 Å². The van der Waals surface area contributed by atoms with Crippen molar-refractivity contribution in [1.82, 2.24) is 4.72 Å². The van der Waals surface area contributed by atoms with Crippen LogP contribution in [0.2, 0.25) is 10.0 Å². The summed E-state index contributed by atoms with van der Waals surface area (Å²) in [5.74, 6) is 1.37. The van der Waals surface area contributed by atoms with Gasteiger partial charge in [0.2, 0.25) is 10.0 Å². The Bertz CT molecular complexity index is 1170. The molecule has 10 heteroatoms. The largest absolute Gasteiger partial charge is 0.417 e. The van der Waals surface area contributed by atoms with E-state index in [2.05, 4.69) is 10.0 Å². The summed E-state index contributed by atoms with van der Waals surface area (Å²) in [7, 11) is -4.38. The number of rotatable bonds is 5. The van der Waals surface area contributed by atoms with E-state index in [1.807, 2.05) is 0 Å². The van der Waals surface area contributed by atoms with E-state index in [-0.39, 0.29) is 10.7 Å². The van der Waals surface area contributed by atoms with E-state index in [4.69, 9.17) is 23.2 Å². The first-order valence-corrected chi connectivity index (χ1v) is 13.1. The third-order valence-electron chi connectivity index (χ3n) is 7.17. The quantitative estimate of drug-likeness (QED) is 0.447. The number of halogens is 5. The van der Waals surface area contributed by atoms with E-state index in [1.54, 1.807) is 6.07 Å². The summed E-state index contributed by atoms with van der Waals surface area (Å²) in [5.41, 5.74) is -1.42. The number of sulfonamides is 1. The van der Waals surface area contributed by atoms with Gasteiger partial charge >= 0.3 is 6.18 Å². The number of nitrogens with one attached hydrogen (secondary N) is 2. The van der Waals surface area contributed by atoms with Crippen molar-refractivity contribution < 1.29 is 21.6 Å². The van der Waals surface area contributed by atoms with E-state index < -0.39 is 32.2 Å². The summed E-state index contributed by atoms with van der Waals surface area (Å²) >= 11 is 12.0. The topological polar surface area (TPSA) is 58.2 Å². The van der Waals surface area contributed by atoms with Gasteiger partial charge < -0.3 is 5.32 Å². The van der Waals surface area contributed by atoms with Crippen LogP contribution in [-0.4, -0.2) is 14.0 Å². The Morgan fingerprint density at radius 2 is 1.52 bits per heavy atom. The lowest BCUT2D eigenvalue weighted by molar-refractivity contribution is -0.139. The molecule has 0 heterocycles. The molecule has 178 valence electrons. The normalized spacial score (nSPS) is 28.8. The highest BCUT2D eigenvalue weighted by molar-refractivity contribution is 7.89. The van der Waals surface area contributed by atoms with Crippen molar-refractivity contribution >= 4 is 44.6 Å². The van der Waals surface area contributed by atoms with Crippen LogP contribution in [0.5, 0.6) is 0 Å². The Kier molecular flexibility index (Phi) is 5.67. The highest BCUT2D eigenvalue weighted by Gasteiger charge is 2.53. The molecule has 2 aromatic rings. The summed E-state index contributed by atoms with van der Waals surface area (Å²) < 4.78 is 71.2. The lowest BCUT2D eigenvalue weighted by Gasteiger charge is -2.56. The predicted octanol–water partition coefficient (Wildman–Crippen LogP) is 7.00. The summed E-state index contributed by atoms with van der Waals surface area (Å²) in [6.45, 7) is 0. The van der Waals surface area contributed by atoms with Gasteiger partial charge in [-0.05, 0) is 92.7 Å². The fourth-order valence-corrected chi connectivity index (χ4v) is 8.48. The van der Waals surface area contributed by atoms with Crippen LogP contribution in [0.25, 0.3) is 0 Å². The fraction of sp³-hybridized carbons (Fsp3) is 0.478. The SMILES string of the molecule is O=S(=O)(NC12CC3CC(CC(C3)C1)C2)c1ccc(Nc2ccc(Cl)cc2Cl)cc1C(F)(F)F. The summed E-state index contributed by atoms with van der Waals surface area (Å²) in [4.78, 5) is -0.751. The molecule has 2 N–H and O–H groups in total. The molecule has 0 saturated heterocycles. The van der Waals surface area contributed by atoms with Crippen molar-refractivity contribution in [2.75, 3.05) is 5.32 Å². The van der Waals surface area contributed by atoms with Crippen molar-refractivity contribution in [2.45, 2.75) is 55.1 Å². The monoisotopic (exact) mass is 518 g/mol. The van der Waals surface area contributed by atoms with Crippen molar-refractivity contribution in [2.24, 2.45) is 17.8 Å². The van der Waals surface area contributed by atoms with E-state index >= 15 is 0 Å². The van der Waals surface area contributed by atoms with Gasteiger partial charge in [0.15, 0.2) is 0 Å². The van der Waals surface area contributed by atoms with Gasteiger partial charge in [0.1, 0.15) is 0 Å². The van der Waals surface area contributed by atoms with E-state index in [0.29, 0.717) is 47.7 Å². The third kappa shape index (κ3) is 4.59. The summed E-state index contributed by atoms with van der Waals surface area (Å²) in [6.07, 6.45) is 0.553. The maximum Gasteiger partial charge on any atom is 0.417 e. The first-order chi connectivity index (χ1) is 15.4. The second-order valence-corrected chi connectivity index (χ2v) is 12.3. The number of anilines is 2. The van der Waals surface area contributed by atoms with Crippen LogP contribution < -0.4 is 10.0 Å². The lowest BCUT2D eigenvalue weighted by Crippen LogP contribution is -2.59. The Morgan fingerprint density at radius 1 is 0.909 bits per heavy atom. The Morgan fingerprint density at radius 3 is 2.06 bits per heavy atom. The molecule has 0 spiro atoms. The molecule has 4 fully saturated rings. The molecule has 0 radical (unpaired) electrons. The minimum absolute atomic E-state index is 0.0697. The van der Waals surface area contributed by atoms with Gasteiger partial charge in [-0.15, -0.1) is 0 Å². The molecule has 4 nitrogen and oxygen atoms in total. The molecule has 4 bridgehead atoms. The first-order valence-electron chi connectivity index (χ1n) is 10.9. The molecule has 4 aliphatic carbocycles. The lowest BCUT2D eigenvalue weighted by atomic mass is 9.53. The van der Waals surface area contributed by atoms with Crippen LogP contribution in [0, 0.1) is 17.8 Å². The maximum absolute atomic E-state index is 14.0. The molecule has 2 aromatic carbocycles. The smallest absolute Gasteiger partial charge is 0.354 e. The van der Waals surface area contributed by atoms with E-state index in [9.17, 15) is 21.6 Å². The van der Waals surface area contributed by atoms with Crippen LogP contribution in [-0.2, 0) is 16.2 Å². The Hall–Kier alpha value is -1.48. The van der Waals surface area contributed by atoms with Gasteiger partial charge in [0.05, 0.1) is 21.2 Å². The number of hydrogen-bond acceptors (Lipinski definition) is 3. The minimum Gasteiger partial charge on any atom is -0.354 e. The van der Waals surface area contributed by atoms with Gasteiger partial charge in [-0.25, -0.2) is 13.1 Å². The van der Waals surface area contributed by atoms with Crippen molar-refractivity contribution in [3.05, 3.63) is 52.0 Å². The second kappa shape index (κ2) is 8.04. The number of benzene rings is 2. The van der Waals surface area contributed by atoms with Crippen LogP contribution in [0.3, 0.4) is 0 Å². The van der Waals surface area contributed by atoms with Gasteiger partial charge in [0.25, 0.3) is 0 Å². The zero-order valence-corrected chi connectivity index (χ0v) is 19.9. The molecule has 4 saturated carbocycles. The predicted molar refractivity (Wildman–Crippen MR) is 122 cm³/mol. The number of hydrogen-bond donors (Lipinski definition) is 2. The van der Waals surface area contributed by atoms with Crippen molar-refractivity contribution in [3.63, 3.8) is 0 Å². The second-order valence-electron chi connectivity index (χ2n) is 9.76. The Labute approximate surface area is 200 Å². The molecule has 0 atom stereocenters. The molecule has 0 amide bonds. The van der Waals surface area contributed by atoms with Gasteiger partial charge in [-0.2, -0.15) is 13.2 Å². The molecule has 0 aliphatic heterocycles. The Balaban J connectivity index is 1.47. The maximum atomic E-state index is 14.0.